The van der Waals surface area contributed by atoms with Crippen LogP contribution in [0.2, 0.25) is 0 Å². The molecular formula is C10H12BrNO2. The van der Waals surface area contributed by atoms with Crippen molar-refractivity contribution in [1.82, 2.24) is 0 Å². The van der Waals surface area contributed by atoms with Gasteiger partial charge in [-0.3, -0.25) is 0 Å². The average Bonchev–Trinajstić information content (AvgIpc) is 2.20. The average molecular weight is 258 g/mol. The first-order valence-corrected chi connectivity index (χ1v) is 4.84. The van der Waals surface area contributed by atoms with Crippen LogP contribution >= 0.6 is 15.9 Å². The van der Waals surface area contributed by atoms with Gasteiger partial charge in [-0.2, -0.15) is 0 Å². The zero-order valence-electron chi connectivity index (χ0n) is 7.83. The predicted octanol–water partition coefficient (Wildman–Crippen LogP) is 2.35. The molecule has 0 saturated heterocycles. The Balaban J connectivity index is 3.22. The Hall–Kier alpha value is -1.00. The molecule has 3 N–H and O–H groups in total. The zero-order valence-corrected chi connectivity index (χ0v) is 9.41. The SMILES string of the molecule is C=C[C@@H](N)c1cc(Br)c(O)c(OC)c1. The summed E-state index contributed by atoms with van der Waals surface area (Å²) in [6.07, 6.45) is 1.62. The highest BCUT2D eigenvalue weighted by Crippen LogP contribution is 2.36. The van der Waals surface area contributed by atoms with Crippen molar-refractivity contribution in [2.24, 2.45) is 5.73 Å². The number of ether oxygens (including phenoxy) is 1. The van der Waals surface area contributed by atoms with Crippen LogP contribution in [0.1, 0.15) is 11.6 Å². The Morgan fingerprint density at radius 2 is 2.29 bits per heavy atom. The molecule has 4 heteroatoms. The van der Waals surface area contributed by atoms with Gasteiger partial charge in [-0.15, -0.1) is 6.58 Å². The molecule has 1 rings (SSSR count). The summed E-state index contributed by atoms with van der Waals surface area (Å²) in [6.45, 7) is 3.60. The number of nitrogens with two attached hydrogens (primary N) is 1. The summed E-state index contributed by atoms with van der Waals surface area (Å²) in [7, 11) is 1.49. The van der Waals surface area contributed by atoms with Crippen molar-refractivity contribution in [3.8, 4) is 11.5 Å². The third-order valence-corrected chi connectivity index (χ3v) is 2.51. The summed E-state index contributed by atoms with van der Waals surface area (Å²) in [4.78, 5) is 0. The summed E-state index contributed by atoms with van der Waals surface area (Å²) in [5, 5.41) is 9.54. The number of phenols is 1. The highest BCUT2D eigenvalue weighted by atomic mass is 79.9. The van der Waals surface area contributed by atoms with Gasteiger partial charge in [0, 0.05) is 6.04 Å². The highest BCUT2D eigenvalue weighted by molar-refractivity contribution is 9.10. The van der Waals surface area contributed by atoms with E-state index in [0.717, 1.165) is 5.56 Å². The standard InChI is InChI=1S/C10H12BrNO2/c1-3-8(12)6-4-7(11)10(13)9(5-6)14-2/h3-5,8,13H,1,12H2,2H3/t8-/m1/s1. The van der Waals surface area contributed by atoms with Gasteiger partial charge in [0.15, 0.2) is 11.5 Å². The van der Waals surface area contributed by atoms with E-state index in [1.54, 1.807) is 18.2 Å². The molecule has 0 aliphatic rings. The summed E-state index contributed by atoms with van der Waals surface area (Å²) in [5.74, 6) is 0.471. The van der Waals surface area contributed by atoms with Gasteiger partial charge in [0.1, 0.15) is 0 Å². The van der Waals surface area contributed by atoms with Crippen LogP contribution in [-0.4, -0.2) is 12.2 Å². The molecule has 76 valence electrons. The van der Waals surface area contributed by atoms with E-state index < -0.39 is 0 Å². The lowest BCUT2D eigenvalue weighted by Crippen LogP contribution is -2.06. The molecule has 0 radical (unpaired) electrons. The van der Waals surface area contributed by atoms with E-state index in [-0.39, 0.29) is 11.8 Å². The lowest BCUT2D eigenvalue weighted by Gasteiger charge is -2.11. The topological polar surface area (TPSA) is 55.5 Å². The van der Waals surface area contributed by atoms with Gasteiger partial charge >= 0.3 is 0 Å². The van der Waals surface area contributed by atoms with Crippen LogP contribution in [0, 0.1) is 0 Å². The minimum Gasteiger partial charge on any atom is -0.503 e. The van der Waals surface area contributed by atoms with Crippen molar-refractivity contribution in [2.75, 3.05) is 7.11 Å². The van der Waals surface area contributed by atoms with E-state index in [9.17, 15) is 5.11 Å². The van der Waals surface area contributed by atoms with Gasteiger partial charge < -0.3 is 15.6 Å². The minimum atomic E-state index is -0.263. The van der Waals surface area contributed by atoms with E-state index in [1.807, 2.05) is 0 Å². The molecule has 0 unspecified atom stereocenters. The van der Waals surface area contributed by atoms with Gasteiger partial charge in [-0.1, -0.05) is 6.08 Å². The maximum atomic E-state index is 9.54. The molecule has 0 saturated carbocycles. The van der Waals surface area contributed by atoms with Crippen LogP contribution in [-0.2, 0) is 0 Å². The van der Waals surface area contributed by atoms with Crippen molar-refractivity contribution in [3.63, 3.8) is 0 Å². The third-order valence-electron chi connectivity index (χ3n) is 1.91. The van der Waals surface area contributed by atoms with Crippen molar-refractivity contribution in [1.29, 1.82) is 0 Å². The molecule has 0 amide bonds. The van der Waals surface area contributed by atoms with Crippen LogP contribution in [0.5, 0.6) is 11.5 Å². The largest absolute Gasteiger partial charge is 0.503 e. The number of halogens is 1. The second kappa shape index (κ2) is 4.48. The maximum Gasteiger partial charge on any atom is 0.172 e. The van der Waals surface area contributed by atoms with Gasteiger partial charge in [0.2, 0.25) is 0 Å². The Labute approximate surface area is 91.3 Å². The minimum absolute atomic E-state index is 0.0764. The van der Waals surface area contributed by atoms with E-state index >= 15 is 0 Å². The number of hydrogen-bond donors (Lipinski definition) is 2. The van der Waals surface area contributed by atoms with E-state index in [1.165, 1.54) is 7.11 Å². The summed E-state index contributed by atoms with van der Waals surface area (Å²) >= 11 is 3.22. The van der Waals surface area contributed by atoms with Crippen LogP contribution in [0.3, 0.4) is 0 Å². The zero-order chi connectivity index (χ0) is 10.7. The molecule has 0 aromatic heterocycles. The predicted molar refractivity (Wildman–Crippen MR) is 59.5 cm³/mol. The fourth-order valence-electron chi connectivity index (χ4n) is 1.08. The molecule has 0 aliphatic carbocycles. The Bertz CT molecular complexity index is 352. The fourth-order valence-corrected chi connectivity index (χ4v) is 1.54. The monoisotopic (exact) mass is 257 g/mol. The Kier molecular flexibility index (Phi) is 3.55. The number of phenolic OH excluding ortho intramolecular Hbond substituents is 1. The molecule has 0 aliphatic heterocycles. The van der Waals surface area contributed by atoms with Gasteiger partial charge in [-0.05, 0) is 33.6 Å². The maximum absolute atomic E-state index is 9.54. The molecule has 1 aromatic rings. The fraction of sp³-hybridized carbons (Fsp3) is 0.200. The van der Waals surface area contributed by atoms with E-state index in [4.69, 9.17) is 10.5 Å². The van der Waals surface area contributed by atoms with Gasteiger partial charge in [0.25, 0.3) is 0 Å². The van der Waals surface area contributed by atoms with Crippen LogP contribution in [0.15, 0.2) is 29.3 Å². The molecule has 3 nitrogen and oxygen atoms in total. The first-order chi connectivity index (χ1) is 6.60. The lowest BCUT2D eigenvalue weighted by atomic mass is 10.1. The molecule has 0 heterocycles. The smallest absolute Gasteiger partial charge is 0.172 e. The van der Waals surface area contributed by atoms with Crippen molar-refractivity contribution in [3.05, 3.63) is 34.8 Å². The Morgan fingerprint density at radius 3 is 2.79 bits per heavy atom. The molecule has 1 atom stereocenters. The molecular weight excluding hydrogens is 246 g/mol. The summed E-state index contributed by atoms with van der Waals surface area (Å²) < 4.78 is 5.55. The van der Waals surface area contributed by atoms with Gasteiger partial charge in [-0.25, -0.2) is 0 Å². The first kappa shape index (κ1) is 11.1. The molecule has 14 heavy (non-hydrogen) atoms. The number of benzene rings is 1. The number of aromatic hydroxyl groups is 1. The van der Waals surface area contributed by atoms with Crippen LogP contribution in [0.4, 0.5) is 0 Å². The van der Waals surface area contributed by atoms with E-state index in [2.05, 4.69) is 22.5 Å². The quantitative estimate of drug-likeness (QED) is 0.818. The number of hydrogen-bond acceptors (Lipinski definition) is 3. The van der Waals surface area contributed by atoms with Crippen LogP contribution in [0.25, 0.3) is 0 Å². The summed E-state index contributed by atoms with van der Waals surface area (Å²) in [6, 6.07) is 3.16. The molecule has 1 aromatic carbocycles. The second-order valence-electron chi connectivity index (χ2n) is 2.82. The number of rotatable bonds is 3. The summed E-state index contributed by atoms with van der Waals surface area (Å²) in [5.41, 5.74) is 6.60. The van der Waals surface area contributed by atoms with Crippen molar-refractivity contribution < 1.29 is 9.84 Å². The van der Waals surface area contributed by atoms with E-state index in [0.29, 0.717) is 10.2 Å². The van der Waals surface area contributed by atoms with Crippen molar-refractivity contribution in [2.45, 2.75) is 6.04 Å². The third kappa shape index (κ3) is 2.08. The van der Waals surface area contributed by atoms with Crippen LogP contribution < -0.4 is 10.5 Å². The van der Waals surface area contributed by atoms with Gasteiger partial charge in [0.05, 0.1) is 11.6 Å². The van der Waals surface area contributed by atoms with Crippen molar-refractivity contribution >= 4 is 15.9 Å². The molecule has 0 spiro atoms. The second-order valence-corrected chi connectivity index (χ2v) is 3.67. The molecule has 0 bridgehead atoms. The highest BCUT2D eigenvalue weighted by Gasteiger charge is 2.11. The lowest BCUT2D eigenvalue weighted by molar-refractivity contribution is 0.371. The Morgan fingerprint density at radius 1 is 1.64 bits per heavy atom. The normalized spacial score (nSPS) is 12.2. The first-order valence-electron chi connectivity index (χ1n) is 4.04. The molecule has 0 fully saturated rings. The number of methoxy groups -OCH3 is 1.